The van der Waals surface area contributed by atoms with E-state index in [0.29, 0.717) is 12.2 Å². The summed E-state index contributed by atoms with van der Waals surface area (Å²) in [7, 11) is -3.01. The molecule has 4 nitrogen and oxygen atoms in total. The van der Waals surface area contributed by atoms with Crippen molar-refractivity contribution in [1.29, 1.82) is 0 Å². The molecule has 0 saturated heterocycles. The Morgan fingerprint density at radius 1 is 1.00 bits per heavy atom. The second-order valence-electron chi connectivity index (χ2n) is 9.35. The molecule has 3 aromatic rings. The summed E-state index contributed by atoms with van der Waals surface area (Å²) in [6.45, 7) is 6.57. The lowest BCUT2D eigenvalue weighted by Gasteiger charge is -2.28. The van der Waals surface area contributed by atoms with E-state index >= 15 is 0 Å². The molecule has 0 atom stereocenters. The molecular weight excluding hydrogens is 406 g/mol. The number of Topliss-reactive ketones (excluding diaryl/α,β-unsaturated/α-hetero) is 1. The van der Waals surface area contributed by atoms with Gasteiger partial charge in [-0.3, -0.25) is 4.79 Å². The minimum Gasteiger partial charge on any atom is -0.341 e. The monoisotopic (exact) mass is 439 g/mol. The van der Waals surface area contributed by atoms with E-state index in [-0.39, 0.29) is 22.8 Å². The van der Waals surface area contributed by atoms with Gasteiger partial charge in [0.15, 0.2) is 9.84 Å². The highest BCUT2D eigenvalue weighted by atomic mass is 32.2. The molecule has 166 valence electrons. The fraction of sp³-hybridized carbons (Fsp3) is 0.500. The van der Waals surface area contributed by atoms with Gasteiger partial charge in [0, 0.05) is 40.7 Å². The van der Waals surface area contributed by atoms with Crippen LogP contribution in [0.15, 0.2) is 42.5 Å². The zero-order chi connectivity index (χ0) is 22.2. The van der Waals surface area contributed by atoms with Gasteiger partial charge in [0.05, 0.1) is 11.0 Å². The van der Waals surface area contributed by atoms with Gasteiger partial charge in [-0.1, -0.05) is 24.3 Å². The Morgan fingerprint density at radius 2 is 1.68 bits per heavy atom. The molecule has 1 heterocycles. The summed E-state index contributed by atoms with van der Waals surface area (Å²) < 4.78 is 26.7. The summed E-state index contributed by atoms with van der Waals surface area (Å²) in [6, 6.07) is 14.9. The van der Waals surface area contributed by atoms with Gasteiger partial charge >= 0.3 is 0 Å². The van der Waals surface area contributed by atoms with Crippen molar-refractivity contribution in [2.24, 2.45) is 11.8 Å². The van der Waals surface area contributed by atoms with Gasteiger partial charge in [0.1, 0.15) is 5.78 Å². The third-order valence-electron chi connectivity index (χ3n) is 7.02. The number of rotatable bonds is 7. The summed E-state index contributed by atoms with van der Waals surface area (Å²) in [4.78, 5) is 13.0. The van der Waals surface area contributed by atoms with Crippen molar-refractivity contribution in [2.45, 2.75) is 64.7 Å². The second kappa shape index (κ2) is 8.78. The predicted octanol–water partition coefficient (Wildman–Crippen LogP) is 5.56. The Labute approximate surface area is 185 Å². The number of benzene rings is 2. The lowest BCUT2D eigenvalue weighted by molar-refractivity contribution is -0.123. The van der Waals surface area contributed by atoms with Crippen LogP contribution in [0.5, 0.6) is 0 Å². The summed E-state index contributed by atoms with van der Waals surface area (Å²) in [5.74, 6) is 0.825. The van der Waals surface area contributed by atoms with Gasteiger partial charge in [0.25, 0.3) is 0 Å². The zero-order valence-electron chi connectivity index (χ0n) is 18.8. The first kappa shape index (κ1) is 22.1. The topological polar surface area (TPSA) is 56.1 Å². The average molecular weight is 440 g/mol. The fourth-order valence-corrected chi connectivity index (χ4v) is 6.44. The Balaban J connectivity index is 1.45. The standard InChI is InChI=1S/C26H33NO3S/c1-4-27-24-8-6-5-7-22(24)23-15-20(11-14-25(23)27)16-26(28)21-12-9-19(10-13-21)17-31(29,30)18(2)3/h5-8,11,14-15,18-19,21H,4,9-10,12-13,16-17H2,1-3H3. The molecule has 1 aromatic heterocycles. The van der Waals surface area contributed by atoms with Crippen molar-refractivity contribution in [2.75, 3.05) is 5.75 Å². The lowest BCUT2D eigenvalue weighted by atomic mass is 9.79. The number of ketones is 1. The highest BCUT2D eigenvalue weighted by Gasteiger charge is 2.30. The summed E-state index contributed by atoms with van der Waals surface area (Å²) in [5, 5.41) is 2.13. The highest BCUT2D eigenvalue weighted by Crippen LogP contribution is 2.33. The van der Waals surface area contributed by atoms with Crippen LogP contribution in [-0.4, -0.2) is 29.8 Å². The van der Waals surface area contributed by atoms with Gasteiger partial charge < -0.3 is 4.57 Å². The molecule has 0 amide bonds. The van der Waals surface area contributed by atoms with Gasteiger partial charge in [0.2, 0.25) is 0 Å². The first-order valence-corrected chi connectivity index (χ1v) is 13.3. The van der Waals surface area contributed by atoms with Gasteiger partial charge in [-0.25, -0.2) is 8.42 Å². The smallest absolute Gasteiger partial charge is 0.152 e. The van der Waals surface area contributed by atoms with Crippen molar-refractivity contribution in [3.63, 3.8) is 0 Å². The molecule has 2 aromatic carbocycles. The van der Waals surface area contributed by atoms with Crippen molar-refractivity contribution >= 4 is 37.4 Å². The molecule has 31 heavy (non-hydrogen) atoms. The van der Waals surface area contributed by atoms with E-state index in [1.165, 1.54) is 21.8 Å². The van der Waals surface area contributed by atoms with Crippen molar-refractivity contribution in [1.82, 2.24) is 4.57 Å². The summed E-state index contributed by atoms with van der Waals surface area (Å²) in [6.07, 6.45) is 3.76. The molecule has 0 aliphatic heterocycles. The molecule has 0 unspecified atom stereocenters. The third-order valence-corrected chi connectivity index (χ3v) is 9.39. The summed E-state index contributed by atoms with van der Waals surface area (Å²) >= 11 is 0. The van der Waals surface area contributed by atoms with Crippen LogP contribution in [0.1, 0.15) is 52.0 Å². The molecule has 0 bridgehead atoms. The lowest BCUT2D eigenvalue weighted by Crippen LogP contribution is -2.29. The number of carbonyl (C=O) groups is 1. The first-order chi connectivity index (χ1) is 14.8. The van der Waals surface area contributed by atoms with E-state index < -0.39 is 9.84 Å². The zero-order valence-corrected chi connectivity index (χ0v) is 19.6. The largest absolute Gasteiger partial charge is 0.341 e. The van der Waals surface area contributed by atoms with E-state index in [2.05, 4.69) is 54.0 Å². The first-order valence-electron chi connectivity index (χ1n) is 11.5. The van der Waals surface area contributed by atoms with Crippen LogP contribution in [0.4, 0.5) is 0 Å². The minimum atomic E-state index is -3.01. The Bertz CT molecular complexity index is 1200. The molecule has 0 N–H and O–H groups in total. The maximum absolute atomic E-state index is 13.0. The molecule has 0 radical (unpaired) electrons. The van der Waals surface area contributed by atoms with Gasteiger partial charge in [-0.15, -0.1) is 0 Å². The second-order valence-corrected chi connectivity index (χ2v) is 12.0. The normalized spacial score (nSPS) is 20.0. The number of fused-ring (bicyclic) bond motifs is 3. The van der Waals surface area contributed by atoms with Crippen molar-refractivity contribution < 1.29 is 13.2 Å². The molecule has 1 saturated carbocycles. The van der Waals surface area contributed by atoms with E-state index in [0.717, 1.165) is 37.8 Å². The molecule has 1 aliphatic rings. The molecule has 1 aliphatic carbocycles. The highest BCUT2D eigenvalue weighted by molar-refractivity contribution is 7.91. The molecule has 4 rings (SSSR count). The van der Waals surface area contributed by atoms with Crippen LogP contribution < -0.4 is 0 Å². The van der Waals surface area contributed by atoms with Crippen molar-refractivity contribution in [3.05, 3.63) is 48.0 Å². The van der Waals surface area contributed by atoms with Crippen LogP contribution in [0.3, 0.4) is 0 Å². The third kappa shape index (κ3) is 4.43. The number of hydrogen-bond donors (Lipinski definition) is 0. The number of aromatic nitrogens is 1. The van der Waals surface area contributed by atoms with E-state index in [9.17, 15) is 13.2 Å². The number of hydrogen-bond acceptors (Lipinski definition) is 3. The number of carbonyl (C=O) groups excluding carboxylic acids is 1. The fourth-order valence-electron chi connectivity index (χ4n) is 5.07. The minimum absolute atomic E-state index is 0.0608. The number of para-hydroxylation sites is 1. The maximum Gasteiger partial charge on any atom is 0.152 e. The number of sulfone groups is 1. The molecule has 0 spiro atoms. The number of aryl methyl sites for hydroxylation is 1. The van der Waals surface area contributed by atoms with E-state index in [4.69, 9.17) is 0 Å². The molecule has 1 fully saturated rings. The molecule has 5 heteroatoms. The van der Waals surface area contributed by atoms with Crippen molar-refractivity contribution in [3.8, 4) is 0 Å². The van der Waals surface area contributed by atoms with Crippen LogP contribution in [0.25, 0.3) is 21.8 Å². The van der Waals surface area contributed by atoms with Crippen LogP contribution >= 0.6 is 0 Å². The Kier molecular flexibility index (Phi) is 6.25. The Hall–Kier alpha value is -2.14. The van der Waals surface area contributed by atoms with Gasteiger partial charge in [-0.2, -0.15) is 0 Å². The van der Waals surface area contributed by atoms with Crippen LogP contribution in [-0.2, 0) is 27.6 Å². The predicted molar refractivity (Wildman–Crippen MR) is 128 cm³/mol. The summed E-state index contributed by atoms with van der Waals surface area (Å²) in [5.41, 5.74) is 3.52. The van der Waals surface area contributed by atoms with Gasteiger partial charge in [-0.05, 0) is 76.1 Å². The van der Waals surface area contributed by atoms with Crippen LogP contribution in [0.2, 0.25) is 0 Å². The maximum atomic E-state index is 13.0. The van der Waals surface area contributed by atoms with E-state index in [1.54, 1.807) is 13.8 Å². The van der Waals surface area contributed by atoms with E-state index in [1.807, 2.05) is 0 Å². The molecular formula is C26H33NO3S. The Morgan fingerprint density at radius 3 is 2.35 bits per heavy atom. The average Bonchev–Trinajstić information content (AvgIpc) is 3.07. The quantitative estimate of drug-likeness (QED) is 0.485. The van der Waals surface area contributed by atoms with Crippen LogP contribution in [0, 0.1) is 11.8 Å². The number of nitrogens with zero attached hydrogens (tertiary/aromatic N) is 1. The SMILES string of the molecule is CCn1c2ccccc2c2cc(CC(=O)C3CCC(CS(=O)(=O)C(C)C)CC3)ccc21.